The summed E-state index contributed by atoms with van der Waals surface area (Å²) in [6.07, 6.45) is 0.504. The van der Waals surface area contributed by atoms with Crippen LogP contribution in [0.2, 0.25) is 5.02 Å². The van der Waals surface area contributed by atoms with E-state index in [1.165, 1.54) is 0 Å². The van der Waals surface area contributed by atoms with Crippen LogP contribution in [0.15, 0.2) is 24.3 Å². The van der Waals surface area contributed by atoms with Gasteiger partial charge in [0.05, 0.1) is 17.3 Å². The molecule has 0 aliphatic rings. The molecule has 2 rings (SSSR count). The number of ether oxygens (including phenoxy) is 1. The number of aromatic nitrogens is 2. The number of aryl methyl sites for hydroxylation is 1. The highest BCUT2D eigenvalue weighted by atomic mass is 35.5. The molecule has 2 N–H and O–H groups in total. The molecule has 0 fully saturated rings. The molecular weight excluding hydrogens is 334 g/mol. The Morgan fingerprint density at radius 1 is 1.33 bits per heavy atom. The number of hydrogen-bond donors (Lipinski definition) is 2. The largest absolute Gasteiger partial charge is 0.494 e. The van der Waals surface area contributed by atoms with Gasteiger partial charge in [-0.25, -0.2) is 0 Å². The van der Waals surface area contributed by atoms with Crippen LogP contribution in [0.5, 0.6) is 5.75 Å². The quantitative estimate of drug-likeness (QED) is 0.748. The number of benzene rings is 1. The van der Waals surface area contributed by atoms with Crippen LogP contribution in [0.25, 0.3) is 0 Å². The van der Waals surface area contributed by atoms with E-state index in [1.807, 2.05) is 0 Å². The zero-order valence-electron chi connectivity index (χ0n) is 13.4. The highest BCUT2D eigenvalue weighted by Crippen LogP contribution is 2.21. The number of carbonyl (C=O) groups is 2. The molecule has 0 saturated carbocycles. The van der Waals surface area contributed by atoms with Crippen molar-refractivity contribution >= 4 is 29.2 Å². The summed E-state index contributed by atoms with van der Waals surface area (Å²) in [6.45, 7) is 2.10. The molecule has 0 atom stereocenters. The topological polar surface area (TPSA) is 93.4 Å². The summed E-state index contributed by atoms with van der Waals surface area (Å²) in [4.78, 5) is 22.6. The monoisotopic (exact) mass is 351 g/mol. The van der Waals surface area contributed by atoms with Crippen LogP contribution in [-0.4, -0.2) is 33.4 Å². The Kier molecular flexibility index (Phi) is 5.81. The van der Waals surface area contributed by atoms with Crippen molar-refractivity contribution in [3.05, 3.63) is 40.7 Å². The maximum Gasteiger partial charge on any atom is 0.303 e. The first-order valence-electron chi connectivity index (χ1n) is 7.33. The fourth-order valence-electron chi connectivity index (χ4n) is 1.97. The molecule has 0 spiro atoms. The van der Waals surface area contributed by atoms with Gasteiger partial charge in [0.1, 0.15) is 5.75 Å². The Morgan fingerprint density at radius 3 is 2.54 bits per heavy atom. The predicted octanol–water partition coefficient (Wildman–Crippen LogP) is 2.88. The third-order valence-electron chi connectivity index (χ3n) is 3.39. The van der Waals surface area contributed by atoms with Crippen LogP contribution in [0.4, 0.5) is 5.69 Å². The summed E-state index contributed by atoms with van der Waals surface area (Å²) in [5, 5.41) is 15.7. The van der Waals surface area contributed by atoms with Crippen molar-refractivity contribution in [2.75, 3.05) is 11.9 Å². The van der Waals surface area contributed by atoms with Gasteiger partial charge in [-0.3, -0.25) is 14.3 Å². The third kappa shape index (κ3) is 4.48. The van der Waals surface area contributed by atoms with Gasteiger partial charge in [-0.05, 0) is 37.6 Å². The van der Waals surface area contributed by atoms with Crippen LogP contribution in [-0.2, 0) is 11.8 Å². The minimum Gasteiger partial charge on any atom is -0.494 e. The second-order valence-corrected chi connectivity index (χ2v) is 5.57. The zero-order valence-corrected chi connectivity index (χ0v) is 14.1. The van der Waals surface area contributed by atoms with Gasteiger partial charge in [-0.15, -0.1) is 0 Å². The molecule has 1 heterocycles. The average Bonchev–Trinajstić information content (AvgIpc) is 2.80. The first kappa shape index (κ1) is 17.8. The third-order valence-corrected chi connectivity index (χ3v) is 3.84. The van der Waals surface area contributed by atoms with Gasteiger partial charge in [0.2, 0.25) is 0 Å². The van der Waals surface area contributed by atoms with Crippen molar-refractivity contribution < 1.29 is 19.4 Å². The molecule has 1 aromatic carbocycles. The van der Waals surface area contributed by atoms with Gasteiger partial charge in [-0.2, -0.15) is 5.10 Å². The second-order valence-electron chi connectivity index (χ2n) is 5.20. The number of halogens is 1. The van der Waals surface area contributed by atoms with E-state index >= 15 is 0 Å². The lowest BCUT2D eigenvalue weighted by atomic mass is 10.2. The van der Waals surface area contributed by atoms with Crippen molar-refractivity contribution in [2.24, 2.45) is 7.05 Å². The van der Waals surface area contributed by atoms with Crippen LogP contribution < -0.4 is 10.1 Å². The van der Waals surface area contributed by atoms with E-state index < -0.39 is 5.97 Å². The Labute approximate surface area is 144 Å². The lowest BCUT2D eigenvalue weighted by molar-refractivity contribution is -0.137. The Balaban J connectivity index is 1.92. The van der Waals surface area contributed by atoms with Gasteiger partial charge in [0.15, 0.2) is 5.69 Å². The highest BCUT2D eigenvalue weighted by Gasteiger charge is 2.18. The van der Waals surface area contributed by atoms with Crippen molar-refractivity contribution in [3.63, 3.8) is 0 Å². The molecule has 2 aromatic rings. The number of aliphatic carboxylic acids is 1. The summed E-state index contributed by atoms with van der Waals surface area (Å²) in [7, 11) is 1.72. The van der Waals surface area contributed by atoms with E-state index in [0.717, 1.165) is 0 Å². The van der Waals surface area contributed by atoms with E-state index in [4.69, 9.17) is 21.4 Å². The van der Waals surface area contributed by atoms with E-state index in [2.05, 4.69) is 10.4 Å². The van der Waals surface area contributed by atoms with Gasteiger partial charge >= 0.3 is 5.97 Å². The highest BCUT2D eigenvalue weighted by molar-refractivity contribution is 6.34. The first-order valence-corrected chi connectivity index (χ1v) is 7.71. The number of hydrogen-bond acceptors (Lipinski definition) is 4. The normalized spacial score (nSPS) is 10.5. The summed E-state index contributed by atoms with van der Waals surface area (Å²) >= 11 is 6.09. The minimum atomic E-state index is -0.847. The predicted molar refractivity (Wildman–Crippen MR) is 89.7 cm³/mol. The van der Waals surface area contributed by atoms with Gasteiger partial charge in [0.25, 0.3) is 5.91 Å². The number of amides is 1. The Morgan fingerprint density at radius 2 is 2.00 bits per heavy atom. The molecule has 7 nitrogen and oxygen atoms in total. The first-order chi connectivity index (χ1) is 11.4. The van der Waals surface area contributed by atoms with Crippen molar-refractivity contribution in [2.45, 2.75) is 19.8 Å². The van der Waals surface area contributed by atoms with Crippen LogP contribution in [0.3, 0.4) is 0 Å². The lowest BCUT2D eigenvalue weighted by Gasteiger charge is -2.07. The molecule has 1 aromatic heterocycles. The number of carbonyl (C=O) groups excluding carboxylic acids is 1. The molecule has 1 amide bonds. The lowest BCUT2D eigenvalue weighted by Crippen LogP contribution is -2.13. The van der Waals surface area contributed by atoms with Gasteiger partial charge < -0.3 is 15.2 Å². The summed E-state index contributed by atoms with van der Waals surface area (Å²) < 4.78 is 6.97. The van der Waals surface area contributed by atoms with Crippen LogP contribution in [0.1, 0.15) is 29.0 Å². The van der Waals surface area contributed by atoms with Crippen molar-refractivity contribution in [3.8, 4) is 5.75 Å². The van der Waals surface area contributed by atoms with Gasteiger partial charge in [-0.1, -0.05) is 11.6 Å². The minimum absolute atomic E-state index is 0.0678. The average molecular weight is 352 g/mol. The number of carboxylic acid groups (broad SMARTS) is 1. The molecule has 0 saturated heterocycles. The molecule has 24 heavy (non-hydrogen) atoms. The molecule has 0 bridgehead atoms. The van der Waals surface area contributed by atoms with E-state index in [0.29, 0.717) is 35.2 Å². The number of nitrogens with zero attached hydrogens (tertiary/aromatic N) is 2. The smallest absolute Gasteiger partial charge is 0.303 e. The van der Waals surface area contributed by atoms with E-state index in [1.54, 1.807) is 42.9 Å². The van der Waals surface area contributed by atoms with Crippen LogP contribution in [0, 0.1) is 6.92 Å². The molecule has 8 heteroatoms. The number of anilines is 1. The Hall–Kier alpha value is -2.54. The van der Waals surface area contributed by atoms with Crippen molar-refractivity contribution in [1.29, 1.82) is 0 Å². The zero-order chi connectivity index (χ0) is 17.7. The fourth-order valence-corrected chi connectivity index (χ4v) is 2.21. The number of carboxylic acids is 1. The maximum absolute atomic E-state index is 12.2. The summed E-state index contributed by atoms with van der Waals surface area (Å²) in [5.74, 6) is -0.635. The SMILES string of the molecule is Cc1c(Cl)c(C(=O)Nc2ccc(OCCCC(=O)O)cc2)nn1C. The molecule has 0 aliphatic heterocycles. The Bertz CT molecular complexity index is 741. The van der Waals surface area contributed by atoms with Crippen molar-refractivity contribution in [1.82, 2.24) is 9.78 Å². The molecule has 0 radical (unpaired) electrons. The second kappa shape index (κ2) is 7.83. The molecule has 128 valence electrons. The maximum atomic E-state index is 12.2. The molecule has 0 unspecified atom stereocenters. The number of nitrogens with one attached hydrogen (secondary N) is 1. The van der Waals surface area contributed by atoms with E-state index in [9.17, 15) is 9.59 Å². The number of rotatable bonds is 7. The molecular formula is C16H18ClN3O4. The summed E-state index contributed by atoms with van der Waals surface area (Å²) in [6, 6.07) is 6.77. The van der Waals surface area contributed by atoms with Gasteiger partial charge in [0, 0.05) is 19.2 Å². The fraction of sp³-hybridized carbons (Fsp3) is 0.312. The van der Waals surface area contributed by atoms with Crippen LogP contribution >= 0.6 is 11.6 Å². The van der Waals surface area contributed by atoms with E-state index in [-0.39, 0.29) is 18.0 Å². The standard InChI is InChI=1S/C16H18ClN3O4/c1-10-14(17)15(19-20(10)2)16(23)18-11-5-7-12(8-6-11)24-9-3-4-13(21)22/h5-8H,3-4,9H2,1-2H3,(H,18,23)(H,21,22). The molecule has 0 aliphatic carbocycles. The summed E-state index contributed by atoms with van der Waals surface area (Å²) in [5.41, 5.74) is 1.47.